The number of nitrogens with zero attached hydrogens (tertiary/aromatic N) is 2. The fourth-order valence-electron chi connectivity index (χ4n) is 3.49. The molecule has 4 rings (SSSR count). The van der Waals surface area contributed by atoms with Gasteiger partial charge in [-0.2, -0.15) is 4.31 Å². The van der Waals surface area contributed by atoms with Crippen molar-refractivity contribution < 1.29 is 17.7 Å². The summed E-state index contributed by atoms with van der Waals surface area (Å²) in [5.74, 6) is -0.548. The molecule has 0 saturated carbocycles. The molecular weight excluding hydrogens is 420 g/mol. The van der Waals surface area contributed by atoms with Crippen LogP contribution < -0.4 is 11.1 Å². The monoisotopic (exact) mass is 442 g/mol. The molecule has 162 valence electrons. The molecule has 1 fully saturated rings. The predicted octanol–water partition coefficient (Wildman–Crippen LogP) is 2.39. The third-order valence-electron chi connectivity index (χ3n) is 5.13. The molecule has 10 heteroatoms. The molecule has 0 aliphatic carbocycles. The van der Waals surface area contributed by atoms with Gasteiger partial charge in [-0.25, -0.2) is 13.2 Å². The van der Waals surface area contributed by atoms with Gasteiger partial charge in [-0.15, -0.1) is 0 Å². The number of benzene rings is 2. The summed E-state index contributed by atoms with van der Waals surface area (Å²) in [5.41, 5.74) is 2.06. The maximum absolute atomic E-state index is 12.6. The number of rotatable bonds is 7. The average Bonchev–Trinajstić information content (AvgIpc) is 3.45. The van der Waals surface area contributed by atoms with Gasteiger partial charge in [0.05, 0.1) is 4.90 Å². The van der Waals surface area contributed by atoms with Crippen LogP contribution in [0.15, 0.2) is 62.7 Å². The Morgan fingerprint density at radius 1 is 1.13 bits per heavy atom. The summed E-state index contributed by atoms with van der Waals surface area (Å²) < 4.78 is 31.2. The number of hydrogen-bond donors (Lipinski definition) is 2. The van der Waals surface area contributed by atoms with Gasteiger partial charge in [0, 0.05) is 30.8 Å². The lowest BCUT2D eigenvalue weighted by molar-refractivity contribution is -0.116. The van der Waals surface area contributed by atoms with Crippen molar-refractivity contribution in [3.05, 3.63) is 64.6 Å². The maximum Gasteiger partial charge on any atom is 0.439 e. The SMILES string of the molecule is O=C(CCc1ccc(S(=O)(=O)N2CCCC2)cc1)Nc1cccc(-c2noc(=O)[nH]2)c1. The molecule has 0 unspecified atom stereocenters. The molecule has 9 nitrogen and oxygen atoms in total. The van der Waals surface area contributed by atoms with Gasteiger partial charge in [0.1, 0.15) is 0 Å². The molecule has 1 amide bonds. The standard InChI is InChI=1S/C21H22N4O5S/c26-19(22-17-5-3-4-16(14-17)20-23-21(27)30-24-20)11-8-15-6-9-18(10-7-15)31(28,29)25-12-1-2-13-25/h3-7,9-10,14H,1-2,8,11-13H2,(H,22,26)(H,23,24,27). The van der Waals surface area contributed by atoms with Crippen LogP contribution >= 0.6 is 0 Å². The molecule has 1 aliphatic heterocycles. The highest BCUT2D eigenvalue weighted by Gasteiger charge is 2.26. The Hall–Kier alpha value is -3.24. The van der Waals surface area contributed by atoms with Crippen LogP contribution in [-0.2, 0) is 21.2 Å². The number of carbonyl (C=O) groups is 1. The first-order chi connectivity index (χ1) is 14.9. The zero-order valence-electron chi connectivity index (χ0n) is 16.7. The summed E-state index contributed by atoms with van der Waals surface area (Å²) >= 11 is 0. The normalized spacial score (nSPS) is 14.6. The van der Waals surface area contributed by atoms with Crippen LogP contribution in [0, 0.1) is 0 Å². The molecule has 2 aromatic carbocycles. The number of H-pyrrole nitrogens is 1. The van der Waals surface area contributed by atoms with Gasteiger partial charge in [-0.05, 0) is 49.1 Å². The molecule has 31 heavy (non-hydrogen) atoms. The Morgan fingerprint density at radius 3 is 2.55 bits per heavy atom. The molecule has 1 aromatic heterocycles. The number of aromatic amines is 1. The summed E-state index contributed by atoms with van der Waals surface area (Å²) in [5, 5.41) is 6.44. The highest BCUT2D eigenvalue weighted by Crippen LogP contribution is 2.22. The highest BCUT2D eigenvalue weighted by atomic mass is 32.2. The van der Waals surface area contributed by atoms with Crippen LogP contribution in [0.25, 0.3) is 11.4 Å². The maximum atomic E-state index is 12.6. The summed E-state index contributed by atoms with van der Waals surface area (Å²) in [6.07, 6.45) is 2.51. The van der Waals surface area contributed by atoms with Crippen molar-refractivity contribution in [3.8, 4) is 11.4 Å². The number of anilines is 1. The lowest BCUT2D eigenvalue weighted by atomic mass is 10.1. The second-order valence-electron chi connectivity index (χ2n) is 7.33. The van der Waals surface area contributed by atoms with Crippen molar-refractivity contribution in [1.82, 2.24) is 14.4 Å². The van der Waals surface area contributed by atoms with E-state index < -0.39 is 15.8 Å². The van der Waals surface area contributed by atoms with Gasteiger partial charge >= 0.3 is 5.76 Å². The van der Waals surface area contributed by atoms with Gasteiger partial charge in [-0.3, -0.25) is 14.3 Å². The molecule has 0 radical (unpaired) electrons. The Morgan fingerprint density at radius 2 is 1.87 bits per heavy atom. The third-order valence-corrected chi connectivity index (χ3v) is 7.04. The summed E-state index contributed by atoms with van der Waals surface area (Å²) in [6, 6.07) is 13.6. The predicted molar refractivity (Wildman–Crippen MR) is 114 cm³/mol. The number of hydrogen-bond acceptors (Lipinski definition) is 6. The Kier molecular flexibility index (Phi) is 6.01. The number of carbonyl (C=O) groups excluding carboxylic acids is 1. The number of aryl methyl sites for hydroxylation is 1. The number of sulfonamides is 1. The fourth-order valence-corrected chi connectivity index (χ4v) is 5.00. The van der Waals surface area contributed by atoms with E-state index in [-0.39, 0.29) is 23.0 Å². The first kappa shape index (κ1) is 21.0. The van der Waals surface area contributed by atoms with E-state index in [0.29, 0.717) is 30.8 Å². The minimum absolute atomic E-state index is 0.181. The first-order valence-electron chi connectivity index (χ1n) is 9.97. The number of aromatic nitrogens is 2. The topological polar surface area (TPSA) is 125 Å². The molecule has 0 atom stereocenters. The smallest absolute Gasteiger partial charge is 0.326 e. The quantitative estimate of drug-likeness (QED) is 0.579. The Balaban J connectivity index is 1.34. The van der Waals surface area contributed by atoms with E-state index in [9.17, 15) is 18.0 Å². The van der Waals surface area contributed by atoms with E-state index >= 15 is 0 Å². The van der Waals surface area contributed by atoms with E-state index in [1.54, 1.807) is 48.5 Å². The van der Waals surface area contributed by atoms with E-state index in [1.165, 1.54) is 4.31 Å². The van der Waals surface area contributed by atoms with Crippen LogP contribution in [-0.4, -0.2) is 41.9 Å². The molecule has 0 bridgehead atoms. The second kappa shape index (κ2) is 8.86. The van der Waals surface area contributed by atoms with Crippen LogP contribution in [0.2, 0.25) is 0 Å². The highest BCUT2D eigenvalue weighted by molar-refractivity contribution is 7.89. The van der Waals surface area contributed by atoms with Crippen LogP contribution in [0.5, 0.6) is 0 Å². The van der Waals surface area contributed by atoms with Crippen molar-refractivity contribution in [3.63, 3.8) is 0 Å². The lowest BCUT2D eigenvalue weighted by Gasteiger charge is -2.15. The molecule has 1 aliphatic rings. The van der Waals surface area contributed by atoms with Crippen molar-refractivity contribution >= 4 is 21.6 Å². The van der Waals surface area contributed by atoms with Crippen molar-refractivity contribution in [1.29, 1.82) is 0 Å². The van der Waals surface area contributed by atoms with Crippen molar-refractivity contribution in [2.45, 2.75) is 30.6 Å². The first-order valence-corrected chi connectivity index (χ1v) is 11.4. The van der Waals surface area contributed by atoms with E-state index in [2.05, 4.69) is 20.0 Å². The minimum atomic E-state index is -3.43. The zero-order chi connectivity index (χ0) is 21.8. The number of nitrogens with one attached hydrogen (secondary N) is 2. The summed E-state index contributed by atoms with van der Waals surface area (Å²) in [7, 11) is -3.43. The van der Waals surface area contributed by atoms with Crippen molar-refractivity contribution in [2.24, 2.45) is 0 Å². The molecule has 3 aromatic rings. The minimum Gasteiger partial charge on any atom is -0.326 e. The van der Waals surface area contributed by atoms with Gasteiger partial charge in [0.25, 0.3) is 0 Å². The van der Waals surface area contributed by atoms with Crippen LogP contribution in [0.4, 0.5) is 5.69 Å². The fraction of sp³-hybridized carbons (Fsp3) is 0.286. The number of amides is 1. The molecular formula is C21H22N4O5S. The molecule has 1 saturated heterocycles. The molecule has 0 spiro atoms. The summed E-state index contributed by atoms with van der Waals surface area (Å²) in [6.45, 7) is 1.14. The van der Waals surface area contributed by atoms with Gasteiger partial charge < -0.3 is 5.32 Å². The third kappa shape index (κ3) is 4.92. The Bertz CT molecular complexity index is 1220. The van der Waals surface area contributed by atoms with E-state index in [4.69, 9.17) is 0 Å². The molecule has 2 heterocycles. The largest absolute Gasteiger partial charge is 0.439 e. The van der Waals surface area contributed by atoms with Crippen LogP contribution in [0.3, 0.4) is 0 Å². The Labute approximate surface area is 179 Å². The zero-order valence-corrected chi connectivity index (χ0v) is 17.5. The van der Waals surface area contributed by atoms with Gasteiger partial charge in [-0.1, -0.05) is 29.4 Å². The lowest BCUT2D eigenvalue weighted by Crippen LogP contribution is -2.27. The van der Waals surface area contributed by atoms with Crippen molar-refractivity contribution in [2.75, 3.05) is 18.4 Å². The van der Waals surface area contributed by atoms with Crippen LogP contribution in [0.1, 0.15) is 24.8 Å². The van der Waals surface area contributed by atoms with Gasteiger partial charge in [0.2, 0.25) is 15.9 Å². The van der Waals surface area contributed by atoms with E-state index in [0.717, 1.165) is 18.4 Å². The molecule has 2 N–H and O–H groups in total. The average molecular weight is 442 g/mol. The summed E-state index contributed by atoms with van der Waals surface area (Å²) in [4.78, 5) is 26.2. The second-order valence-corrected chi connectivity index (χ2v) is 9.27. The van der Waals surface area contributed by atoms with E-state index in [1.807, 2.05) is 0 Å². The van der Waals surface area contributed by atoms with Gasteiger partial charge in [0.15, 0.2) is 5.82 Å².